The lowest BCUT2D eigenvalue weighted by Crippen LogP contribution is -2.28. The Morgan fingerprint density at radius 2 is 1.08 bits per heavy atom. The zero-order chi connectivity index (χ0) is 24.9. The molecule has 0 radical (unpaired) electrons. The van der Waals surface area contributed by atoms with E-state index < -0.39 is 5.41 Å². The summed E-state index contributed by atoms with van der Waals surface area (Å²) < 4.78 is 0. The molecule has 1 heteroatoms. The van der Waals surface area contributed by atoms with E-state index in [9.17, 15) is 0 Å². The quantitative estimate of drug-likeness (QED) is 0.260. The first-order valence-electron chi connectivity index (χ1n) is 12.7. The van der Waals surface area contributed by atoms with Crippen LogP contribution >= 0.6 is 0 Å². The molecule has 1 nitrogen and oxygen atoms in total. The van der Waals surface area contributed by atoms with Crippen LogP contribution in [-0.4, -0.2) is 0 Å². The predicted octanol–water partition coefficient (Wildman–Crippen LogP) is 8.60. The van der Waals surface area contributed by atoms with E-state index >= 15 is 0 Å². The number of fused-ring (bicyclic) bond motifs is 3. The average Bonchev–Trinajstić information content (AvgIpc) is 3.19. The van der Waals surface area contributed by atoms with Crippen LogP contribution in [0.5, 0.6) is 0 Å². The number of nitrogen functional groups attached to an aromatic ring is 1. The van der Waals surface area contributed by atoms with Gasteiger partial charge in [-0.3, -0.25) is 0 Å². The lowest BCUT2D eigenvalue weighted by Gasteiger charge is -2.34. The Bertz CT molecular complexity index is 1500. The minimum absolute atomic E-state index is 0.117. The van der Waals surface area contributed by atoms with E-state index in [1.807, 2.05) is 0 Å². The monoisotopic (exact) mass is 465 g/mol. The van der Waals surface area contributed by atoms with Crippen molar-refractivity contribution in [2.45, 2.75) is 31.6 Å². The summed E-state index contributed by atoms with van der Waals surface area (Å²) >= 11 is 0. The Kier molecular flexibility index (Phi) is 5.12. The van der Waals surface area contributed by atoms with Crippen LogP contribution in [0.3, 0.4) is 0 Å². The molecule has 1 aliphatic rings. The second kappa shape index (κ2) is 8.24. The van der Waals surface area contributed by atoms with Gasteiger partial charge in [-0.15, -0.1) is 0 Å². The first kappa shape index (κ1) is 22.4. The van der Waals surface area contributed by atoms with Crippen molar-refractivity contribution in [1.29, 1.82) is 0 Å². The fraction of sp³-hybridized carbons (Fsp3) is 0.143. The third kappa shape index (κ3) is 3.31. The van der Waals surface area contributed by atoms with Crippen LogP contribution in [-0.2, 0) is 10.8 Å². The Labute approximate surface area is 214 Å². The van der Waals surface area contributed by atoms with Gasteiger partial charge in [-0.2, -0.15) is 0 Å². The van der Waals surface area contributed by atoms with Crippen molar-refractivity contribution in [3.63, 3.8) is 0 Å². The molecule has 1 aliphatic carbocycles. The summed E-state index contributed by atoms with van der Waals surface area (Å²) in [6.45, 7) is 6.74. The molecule has 5 aromatic carbocycles. The van der Waals surface area contributed by atoms with Crippen molar-refractivity contribution >= 4 is 5.69 Å². The van der Waals surface area contributed by atoms with Crippen LogP contribution in [0.15, 0.2) is 121 Å². The van der Waals surface area contributed by atoms with Gasteiger partial charge in [-0.1, -0.05) is 130 Å². The van der Waals surface area contributed by atoms with Gasteiger partial charge in [0.05, 0.1) is 5.41 Å². The predicted molar refractivity (Wildman–Crippen MR) is 152 cm³/mol. The van der Waals surface area contributed by atoms with E-state index in [-0.39, 0.29) is 5.41 Å². The van der Waals surface area contributed by atoms with E-state index in [1.165, 1.54) is 38.9 Å². The molecule has 0 saturated heterocycles. The number of hydrogen-bond acceptors (Lipinski definition) is 1. The number of nitrogens with two attached hydrogens (primary N) is 1. The van der Waals surface area contributed by atoms with Crippen molar-refractivity contribution in [2.24, 2.45) is 0 Å². The fourth-order valence-corrected chi connectivity index (χ4v) is 5.90. The molecule has 0 aromatic heterocycles. The largest absolute Gasteiger partial charge is 0.398 e. The van der Waals surface area contributed by atoms with Crippen LogP contribution in [0.4, 0.5) is 5.69 Å². The van der Waals surface area contributed by atoms with Crippen molar-refractivity contribution in [1.82, 2.24) is 0 Å². The molecule has 2 N–H and O–H groups in total. The van der Waals surface area contributed by atoms with Gasteiger partial charge in [0, 0.05) is 11.3 Å². The zero-order valence-electron chi connectivity index (χ0n) is 21.1. The van der Waals surface area contributed by atoms with E-state index in [2.05, 4.69) is 142 Å². The smallest absolute Gasteiger partial charge is 0.0714 e. The van der Waals surface area contributed by atoms with Gasteiger partial charge in [-0.05, 0) is 62.1 Å². The summed E-state index contributed by atoms with van der Waals surface area (Å²) in [6.07, 6.45) is 0. The summed E-state index contributed by atoms with van der Waals surface area (Å²) in [5.74, 6) is 0. The molecule has 36 heavy (non-hydrogen) atoms. The topological polar surface area (TPSA) is 26.0 Å². The van der Waals surface area contributed by atoms with Crippen molar-refractivity contribution in [3.8, 4) is 22.3 Å². The Morgan fingerprint density at radius 3 is 1.67 bits per heavy atom. The zero-order valence-corrected chi connectivity index (χ0v) is 21.1. The fourth-order valence-electron chi connectivity index (χ4n) is 5.90. The van der Waals surface area contributed by atoms with Gasteiger partial charge in [0.2, 0.25) is 0 Å². The Hall–Kier alpha value is -4.10. The number of anilines is 1. The van der Waals surface area contributed by atoms with Gasteiger partial charge in [0.15, 0.2) is 0 Å². The van der Waals surface area contributed by atoms with E-state index in [1.54, 1.807) is 0 Å². The molecule has 0 amide bonds. The first-order chi connectivity index (χ1) is 17.4. The Morgan fingerprint density at radius 1 is 0.528 bits per heavy atom. The van der Waals surface area contributed by atoms with Crippen LogP contribution in [0.25, 0.3) is 22.3 Å². The van der Waals surface area contributed by atoms with Gasteiger partial charge >= 0.3 is 0 Å². The lowest BCUT2D eigenvalue weighted by molar-refractivity contribution is 0.590. The summed E-state index contributed by atoms with van der Waals surface area (Å²) in [5.41, 5.74) is 18.5. The molecule has 0 atom stereocenters. The summed E-state index contributed by atoms with van der Waals surface area (Å²) in [4.78, 5) is 0. The molecular weight excluding hydrogens is 434 g/mol. The maximum Gasteiger partial charge on any atom is 0.0714 e. The van der Waals surface area contributed by atoms with E-state index in [0.29, 0.717) is 0 Å². The van der Waals surface area contributed by atoms with E-state index in [4.69, 9.17) is 5.73 Å². The SMILES string of the molecule is CC(C)(C)c1ccc(-c2cc3c(cc2N)C(c2ccccc2)(c2ccccc2)c2ccccc2-3)cc1. The molecule has 0 fully saturated rings. The molecule has 5 aromatic rings. The van der Waals surface area contributed by atoms with Gasteiger partial charge in [0.1, 0.15) is 0 Å². The summed E-state index contributed by atoms with van der Waals surface area (Å²) in [5, 5.41) is 0. The third-order valence-corrected chi connectivity index (χ3v) is 7.69. The summed E-state index contributed by atoms with van der Waals surface area (Å²) in [7, 11) is 0. The maximum absolute atomic E-state index is 6.86. The minimum Gasteiger partial charge on any atom is -0.398 e. The third-order valence-electron chi connectivity index (χ3n) is 7.69. The minimum atomic E-state index is -0.419. The second-order valence-corrected chi connectivity index (χ2v) is 10.8. The molecule has 0 spiro atoms. The molecule has 0 saturated carbocycles. The van der Waals surface area contributed by atoms with Crippen LogP contribution in [0.2, 0.25) is 0 Å². The molecular formula is C35H31N. The highest BCUT2D eigenvalue weighted by Crippen LogP contribution is 2.57. The number of hydrogen-bond donors (Lipinski definition) is 1. The van der Waals surface area contributed by atoms with Crippen LogP contribution in [0.1, 0.15) is 48.6 Å². The van der Waals surface area contributed by atoms with E-state index in [0.717, 1.165) is 16.8 Å². The highest BCUT2D eigenvalue weighted by atomic mass is 14.6. The van der Waals surface area contributed by atoms with Crippen molar-refractivity contribution in [3.05, 3.63) is 149 Å². The molecule has 0 aliphatic heterocycles. The second-order valence-electron chi connectivity index (χ2n) is 10.8. The molecule has 6 rings (SSSR count). The van der Waals surface area contributed by atoms with Crippen molar-refractivity contribution in [2.75, 3.05) is 5.73 Å². The molecule has 0 heterocycles. The maximum atomic E-state index is 6.86. The standard InChI is InChI=1S/C35H31N/c1-34(2,3)25-20-18-24(19-21-25)29-22-30-28-16-10-11-17-31(28)35(32(30)23-33(29)36,26-12-6-4-7-13-26)27-14-8-5-9-15-27/h4-23H,36H2,1-3H3. The summed E-state index contributed by atoms with van der Waals surface area (Å²) in [6, 6.07) is 43.9. The molecule has 0 bridgehead atoms. The first-order valence-corrected chi connectivity index (χ1v) is 12.7. The highest BCUT2D eigenvalue weighted by Gasteiger charge is 2.46. The Balaban J connectivity index is 1.64. The van der Waals surface area contributed by atoms with Crippen molar-refractivity contribution < 1.29 is 0 Å². The van der Waals surface area contributed by atoms with Gasteiger partial charge in [-0.25, -0.2) is 0 Å². The van der Waals surface area contributed by atoms with Crippen LogP contribution < -0.4 is 5.73 Å². The normalized spacial score (nSPS) is 13.8. The van der Waals surface area contributed by atoms with Gasteiger partial charge in [0.25, 0.3) is 0 Å². The highest BCUT2D eigenvalue weighted by molar-refractivity contribution is 5.92. The lowest BCUT2D eigenvalue weighted by atomic mass is 9.67. The molecule has 176 valence electrons. The van der Waals surface area contributed by atoms with Crippen LogP contribution in [0, 0.1) is 0 Å². The molecule has 0 unspecified atom stereocenters. The van der Waals surface area contributed by atoms with Gasteiger partial charge < -0.3 is 5.73 Å². The number of rotatable bonds is 3. The number of benzene rings is 5. The average molecular weight is 466 g/mol.